The Morgan fingerprint density at radius 1 is 1.19 bits per heavy atom. The van der Waals surface area contributed by atoms with E-state index in [4.69, 9.17) is 18.5 Å². The largest absolute Gasteiger partial charge is 0.493 e. The zero-order chi connectivity index (χ0) is 23.4. The zero-order valence-corrected chi connectivity index (χ0v) is 22.1. The molecule has 0 aliphatic carbocycles. The fourth-order valence-corrected chi connectivity index (χ4v) is 5.65. The van der Waals surface area contributed by atoms with Gasteiger partial charge in [0, 0.05) is 33.4 Å². The standard InChI is InChI=1S/C23H37O6PSi/c1-9-18-17(3)20-14-29-23(24)21(20)22(28-12-13-31(6,7)8)19(18)11-10-16(2)15-30(25,26-4)27-5/h10H,9,11-15H2,1-8H3. The Bertz CT molecular complexity index is 893. The van der Waals surface area contributed by atoms with Crippen molar-refractivity contribution in [1.82, 2.24) is 0 Å². The van der Waals surface area contributed by atoms with Crippen LogP contribution in [-0.4, -0.2) is 41.0 Å². The van der Waals surface area contributed by atoms with Crippen molar-refractivity contribution in [3.05, 3.63) is 39.5 Å². The topological polar surface area (TPSA) is 71.1 Å². The normalized spacial score (nSPS) is 14.6. The van der Waals surface area contributed by atoms with Gasteiger partial charge < -0.3 is 18.5 Å². The van der Waals surface area contributed by atoms with Crippen LogP contribution in [0.5, 0.6) is 5.75 Å². The van der Waals surface area contributed by atoms with Gasteiger partial charge in [-0.3, -0.25) is 4.57 Å². The van der Waals surface area contributed by atoms with Gasteiger partial charge in [-0.2, -0.15) is 0 Å². The van der Waals surface area contributed by atoms with Crippen LogP contribution in [0, 0.1) is 6.92 Å². The highest BCUT2D eigenvalue weighted by molar-refractivity contribution is 7.54. The summed E-state index contributed by atoms with van der Waals surface area (Å²) in [5.41, 5.74) is 5.72. The Hall–Kier alpha value is -1.40. The molecule has 1 heterocycles. The van der Waals surface area contributed by atoms with Gasteiger partial charge >= 0.3 is 13.6 Å². The van der Waals surface area contributed by atoms with Crippen LogP contribution >= 0.6 is 7.60 Å². The molecule has 0 atom stereocenters. The maximum Gasteiger partial charge on any atom is 0.342 e. The summed E-state index contributed by atoms with van der Waals surface area (Å²) in [4.78, 5) is 12.6. The minimum Gasteiger partial charge on any atom is -0.493 e. The Labute approximate surface area is 187 Å². The van der Waals surface area contributed by atoms with E-state index in [1.54, 1.807) is 0 Å². The number of carbonyl (C=O) groups excluding carboxylic acids is 1. The smallest absolute Gasteiger partial charge is 0.342 e. The van der Waals surface area contributed by atoms with E-state index in [0.29, 0.717) is 30.9 Å². The fourth-order valence-electron chi connectivity index (χ4n) is 3.79. The van der Waals surface area contributed by atoms with E-state index < -0.39 is 15.7 Å². The number of benzene rings is 1. The molecule has 174 valence electrons. The van der Waals surface area contributed by atoms with Crippen LogP contribution < -0.4 is 4.74 Å². The molecule has 1 aromatic carbocycles. The molecule has 0 amide bonds. The van der Waals surface area contributed by atoms with Gasteiger partial charge in [-0.25, -0.2) is 4.79 Å². The summed E-state index contributed by atoms with van der Waals surface area (Å²) < 4.78 is 34.3. The molecule has 6 nitrogen and oxygen atoms in total. The minimum atomic E-state index is -3.13. The lowest BCUT2D eigenvalue weighted by Gasteiger charge is -2.22. The second-order valence-corrected chi connectivity index (χ2v) is 17.1. The molecule has 1 aliphatic heterocycles. The first-order valence-corrected chi connectivity index (χ1v) is 16.2. The molecular weight excluding hydrogens is 431 g/mol. The van der Waals surface area contributed by atoms with Crippen molar-refractivity contribution < 1.29 is 27.9 Å². The molecule has 0 saturated heterocycles. The van der Waals surface area contributed by atoms with Gasteiger partial charge in [-0.05, 0) is 43.9 Å². The van der Waals surface area contributed by atoms with E-state index in [2.05, 4.69) is 33.5 Å². The van der Waals surface area contributed by atoms with Crippen LogP contribution in [0.2, 0.25) is 25.7 Å². The second kappa shape index (κ2) is 10.5. The Morgan fingerprint density at radius 2 is 1.84 bits per heavy atom. The third kappa shape index (κ3) is 6.32. The van der Waals surface area contributed by atoms with Crippen LogP contribution in [-0.2, 0) is 37.8 Å². The van der Waals surface area contributed by atoms with Crippen LogP contribution in [0.3, 0.4) is 0 Å². The van der Waals surface area contributed by atoms with Crippen molar-refractivity contribution in [1.29, 1.82) is 0 Å². The maximum absolute atomic E-state index is 12.6. The van der Waals surface area contributed by atoms with Crippen LogP contribution in [0.1, 0.15) is 46.5 Å². The number of carbonyl (C=O) groups is 1. The second-order valence-electron chi connectivity index (χ2n) is 9.24. The van der Waals surface area contributed by atoms with Gasteiger partial charge in [0.2, 0.25) is 0 Å². The van der Waals surface area contributed by atoms with E-state index in [1.807, 2.05) is 13.0 Å². The molecule has 2 rings (SSSR count). The average Bonchev–Trinajstić information content (AvgIpc) is 3.09. The number of cyclic esters (lactones) is 1. The first-order chi connectivity index (χ1) is 14.5. The maximum atomic E-state index is 12.6. The molecule has 0 N–H and O–H groups in total. The van der Waals surface area contributed by atoms with Gasteiger partial charge in [0.25, 0.3) is 0 Å². The Balaban J connectivity index is 2.47. The molecule has 0 spiro atoms. The molecule has 0 unspecified atom stereocenters. The van der Waals surface area contributed by atoms with Gasteiger partial charge in [-0.15, -0.1) is 0 Å². The van der Waals surface area contributed by atoms with E-state index in [0.717, 1.165) is 34.7 Å². The number of allylic oxidation sites excluding steroid dienone is 2. The van der Waals surface area contributed by atoms with E-state index >= 15 is 0 Å². The quantitative estimate of drug-likeness (QED) is 0.174. The first kappa shape index (κ1) is 25.9. The molecule has 0 bridgehead atoms. The minimum absolute atomic E-state index is 0.221. The summed E-state index contributed by atoms with van der Waals surface area (Å²) in [6.45, 7) is 13.9. The number of hydrogen-bond donors (Lipinski definition) is 0. The van der Waals surface area contributed by atoms with E-state index in [1.165, 1.54) is 19.8 Å². The van der Waals surface area contributed by atoms with Crippen molar-refractivity contribution in [3.63, 3.8) is 0 Å². The molecule has 31 heavy (non-hydrogen) atoms. The van der Waals surface area contributed by atoms with Crippen molar-refractivity contribution in [2.45, 2.75) is 65.9 Å². The van der Waals surface area contributed by atoms with Crippen molar-refractivity contribution in [3.8, 4) is 5.75 Å². The highest BCUT2D eigenvalue weighted by Crippen LogP contribution is 2.48. The lowest BCUT2D eigenvalue weighted by Crippen LogP contribution is -2.23. The highest BCUT2D eigenvalue weighted by atomic mass is 31.2. The lowest BCUT2D eigenvalue weighted by atomic mass is 9.89. The number of hydrogen-bond acceptors (Lipinski definition) is 6. The summed E-state index contributed by atoms with van der Waals surface area (Å²) in [5.74, 6) is 0.345. The zero-order valence-electron chi connectivity index (χ0n) is 20.2. The van der Waals surface area contributed by atoms with Gasteiger partial charge in [0.1, 0.15) is 17.9 Å². The van der Waals surface area contributed by atoms with Crippen LogP contribution in [0.4, 0.5) is 0 Å². The molecule has 1 aromatic rings. The number of esters is 1. The average molecular weight is 469 g/mol. The molecule has 8 heteroatoms. The SMILES string of the molecule is CCc1c(C)c2c(c(OCC[Si](C)(C)C)c1CC=C(C)CP(=O)(OC)OC)C(=O)OC2. The van der Waals surface area contributed by atoms with Gasteiger partial charge in [0.05, 0.1) is 12.8 Å². The van der Waals surface area contributed by atoms with Crippen molar-refractivity contribution in [2.24, 2.45) is 0 Å². The van der Waals surface area contributed by atoms with Crippen molar-refractivity contribution >= 4 is 21.6 Å². The summed E-state index contributed by atoms with van der Waals surface area (Å²) in [7, 11) is -1.62. The summed E-state index contributed by atoms with van der Waals surface area (Å²) in [5, 5.41) is 0. The van der Waals surface area contributed by atoms with Crippen LogP contribution in [0.15, 0.2) is 11.6 Å². The van der Waals surface area contributed by atoms with Gasteiger partial charge in [-0.1, -0.05) is 38.2 Å². The molecule has 0 saturated carbocycles. The van der Waals surface area contributed by atoms with Crippen LogP contribution in [0.25, 0.3) is 0 Å². The molecular formula is C23H37O6PSi. The summed E-state index contributed by atoms with van der Waals surface area (Å²) in [6.07, 6.45) is 3.65. The third-order valence-electron chi connectivity index (χ3n) is 5.73. The summed E-state index contributed by atoms with van der Waals surface area (Å²) >= 11 is 0. The van der Waals surface area contributed by atoms with Crippen molar-refractivity contribution in [2.75, 3.05) is 27.0 Å². The molecule has 0 radical (unpaired) electrons. The number of ether oxygens (including phenoxy) is 2. The Morgan fingerprint density at radius 3 is 2.39 bits per heavy atom. The predicted molar refractivity (Wildman–Crippen MR) is 127 cm³/mol. The number of rotatable bonds is 11. The predicted octanol–water partition coefficient (Wildman–Crippen LogP) is 5.92. The van der Waals surface area contributed by atoms with E-state index in [9.17, 15) is 9.36 Å². The highest BCUT2D eigenvalue weighted by Gasteiger charge is 2.32. The lowest BCUT2D eigenvalue weighted by molar-refractivity contribution is 0.0532. The molecule has 0 fully saturated rings. The first-order valence-electron chi connectivity index (χ1n) is 10.8. The number of fused-ring (bicyclic) bond motifs is 1. The Kier molecular flexibility index (Phi) is 8.74. The van der Waals surface area contributed by atoms with E-state index in [-0.39, 0.29) is 12.1 Å². The molecule has 1 aliphatic rings. The molecule has 0 aromatic heterocycles. The summed E-state index contributed by atoms with van der Waals surface area (Å²) in [6, 6.07) is 1.01. The fraction of sp³-hybridized carbons (Fsp3) is 0.609. The third-order valence-corrected chi connectivity index (χ3v) is 9.43. The van der Waals surface area contributed by atoms with Gasteiger partial charge in [0.15, 0.2) is 0 Å². The monoisotopic (exact) mass is 468 g/mol.